The molecule has 1 aromatic carbocycles. The number of ether oxygens (including phenoxy) is 1. The molecule has 0 bridgehead atoms. The Bertz CT molecular complexity index is 519. The van der Waals surface area contributed by atoms with Crippen LogP contribution in [0.4, 0.5) is 4.79 Å². The lowest BCUT2D eigenvalue weighted by Crippen LogP contribution is -2.40. The van der Waals surface area contributed by atoms with Gasteiger partial charge in [0.25, 0.3) is 5.91 Å². The number of rotatable bonds is 8. The van der Waals surface area contributed by atoms with E-state index in [0.717, 1.165) is 23.7 Å². The number of urea groups is 1. The van der Waals surface area contributed by atoms with E-state index in [4.69, 9.17) is 4.74 Å². The van der Waals surface area contributed by atoms with Gasteiger partial charge in [0.2, 0.25) is 0 Å². The second-order valence-corrected chi connectivity index (χ2v) is 6.86. The fraction of sp³-hybridized carbons (Fsp3) is 0.500. The lowest BCUT2D eigenvalue weighted by atomic mass is 10.1. The summed E-state index contributed by atoms with van der Waals surface area (Å²) in [6.45, 7) is 4.58. The van der Waals surface area contributed by atoms with E-state index in [1.165, 1.54) is 4.90 Å². The minimum Gasteiger partial charge on any atom is -0.494 e. The molecular formula is C16H22N2O3S. The number of imide groups is 1. The molecule has 1 aromatic rings. The van der Waals surface area contributed by atoms with Gasteiger partial charge in [0.1, 0.15) is 11.3 Å². The second kappa shape index (κ2) is 7.54. The van der Waals surface area contributed by atoms with Crippen LogP contribution in [-0.2, 0) is 4.79 Å². The molecule has 0 radical (unpaired) electrons. The third-order valence-electron chi connectivity index (χ3n) is 3.35. The van der Waals surface area contributed by atoms with E-state index in [1.807, 2.05) is 30.3 Å². The Hall–Kier alpha value is -1.69. The number of para-hydroxylation sites is 1. The molecule has 1 saturated heterocycles. The summed E-state index contributed by atoms with van der Waals surface area (Å²) in [5, 5.41) is 2.68. The number of hydrogen-bond donors (Lipinski definition) is 1. The molecule has 22 heavy (non-hydrogen) atoms. The van der Waals surface area contributed by atoms with E-state index in [9.17, 15) is 9.59 Å². The smallest absolute Gasteiger partial charge is 0.325 e. The molecule has 6 heteroatoms. The standard InChI is InChI=1S/C16H22N2O3S/c1-16(2)14(19)18(15(20)17-16)9-12-22-11-6-10-21-13-7-4-3-5-8-13/h3-5,7-8H,6,9-12H2,1-2H3,(H,17,20). The lowest BCUT2D eigenvalue weighted by Gasteiger charge is -2.15. The van der Waals surface area contributed by atoms with E-state index in [0.29, 0.717) is 13.2 Å². The molecule has 0 saturated carbocycles. The minimum absolute atomic E-state index is 0.148. The number of benzene rings is 1. The number of thioether (sulfide) groups is 1. The molecule has 1 aliphatic rings. The Morgan fingerprint density at radius 3 is 2.55 bits per heavy atom. The van der Waals surface area contributed by atoms with Crippen molar-refractivity contribution >= 4 is 23.7 Å². The van der Waals surface area contributed by atoms with Gasteiger partial charge in [-0.3, -0.25) is 9.69 Å². The molecule has 0 unspecified atom stereocenters. The van der Waals surface area contributed by atoms with E-state index in [-0.39, 0.29) is 11.9 Å². The zero-order chi connectivity index (χ0) is 16.0. The summed E-state index contributed by atoms with van der Waals surface area (Å²) in [5.74, 6) is 2.43. The Balaban J connectivity index is 1.56. The van der Waals surface area contributed by atoms with Crippen LogP contribution in [0.3, 0.4) is 0 Å². The van der Waals surface area contributed by atoms with Crippen LogP contribution in [0.5, 0.6) is 5.75 Å². The van der Waals surface area contributed by atoms with Gasteiger partial charge >= 0.3 is 6.03 Å². The highest BCUT2D eigenvalue weighted by atomic mass is 32.2. The molecule has 0 aliphatic carbocycles. The molecule has 1 N–H and O–H groups in total. The Labute approximate surface area is 135 Å². The summed E-state index contributed by atoms with van der Waals surface area (Å²) in [6, 6.07) is 9.44. The summed E-state index contributed by atoms with van der Waals surface area (Å²) in [4.78, 5) is 25.0. The fourth-order valence-corrected chi connectivity index (χ4v) is 2.98. The van der Waals surface area contributed by atoms with Crippen LogP contribution in [0.15, 0.2) is 30.3 Å². The van der Waals surface area contributed by atoms with Gasteiger partial charge in [0.15, 0.2) is 0 Å². The van der Waals surface area contributed by atoms with Crippen molar-refractivity contribution in [2.24, 2.45) is 0 Å². The molecule has 5 nitrogen and oxygen atoms in total. The van der Waals surface area contributed by atoms with E-state index < -0.39 is 5.54 Å². The van der Waals surface area contributed by atoms with Crippen LogP contribution in [0, 0.1) is 0 Å². The molecule has 2 rings (SSSR count). The molecule has 3 amide bonds. The van der Waals surface area contributed by atoms with Gasteiger partial charge in [0, 0.05) is 12.3 Å². The van der Waals surface area contributed by atoms with E-state index in [2.05, 4.69) is 5.32 Å². The average Bonchev–Trinajstić information content (AvgIpc) is 2.68. The summed E-state index contributed by atoms with van der Waals surface area (Å²) in [7, 11) is 0. The van der Waals surface area contributed by atoms with Gasteiger partial charge in [-0.15, -0.1) is 0 Å². The average molecular weight is 322 g/mol. The highest BCUT2D eigenvalue weighted by Gasteiger charge is 2.43. The van der Waals surface area contributed by atoms with Gasteiger partial charge in [-0.2, -0.15) is 11.8 Å². The first-order valence-electron chi connectivity index (χ1n) is 7.40. The lowest BCUT2D eigenvalue weighted by molar-refractivity contribution is -0.130. The maximum atomic E-state index is 12.0. The Kier molecular flexibility index (Phi) is 5.71. The predicted octanol–water partition coefficient (Wildman–Crippen LogP) is 2.52. The molecule has 0 aromatic heterocycles. The van der Waals surface area contributed by atoms with Crippen molar-refractivity contribution in [3.8, 4) is 5.75 Å². The van der Waals surface area contributed by atoms with Gasteiger partial charge in [-0.25, -0.2) is 4.79 Å². The van der Waals surface area contributed by atoms with Crippen molar-refractivity contribution in [1.82, 2.24) is 10.2 Å². The molecule has 1 heterocycles. The minimum atomic E-state index is -0.773. The molecular weight excluding hydrogens is 300 g/mol. The van der Waals surface area contributed by atoms with Crippen molar-refractivity contribution in [1.29, 1.82) is 0 Å². The number of nitrogens with one attached hydrogen (secondary N) is 1. The molecule has 1 fully saturated rings. The van der Waals surface area contributed by atoms with Crippen molar-refractivity contribution in [2.45, 2.75) is 25.8 Å². The van der Waals surface area contributed by atoms with Crippen molar-refractivity contribution in [3.63, 3.8) is 0 Å². The molecule has 120 valence electrons. The second-order valence-electron chi connectivity index (χ2n) is 5.64. The number of amides is 3. The molecule has 0 atom stereocenters. The maximum absolute atomic E-state index is 12.0. The third-order valence-corrected chi connectivity index (χ3v) is 4.40. The first kappa shape index (κ1) is 16.7. The highest BCUT2D eigenvalue weighted by Crippen LogP contribution is 2.17. The Morgan fingerprint density at radius 2 is 1.91 bits per heavy atom. The van der Waals surface area contributed by atoms with Crippen molar-refractivity contribution in [3.05, 3.63) is 30.3 Å². The highest BCUT2D eigenvalue weighted by molar-refractivity contribution is 7.99. The zero-order valence-electron chi connectivity index (χ0n) is 13.0. The largest absolute Gasteiger partial charge is 0.494 e. The van der Waals surface area contributed by atoms with Gasteiger partial charge in [-0.1, -0.05) is 18.2 Å². The van der Waals surface area contributed by atoms with Crippen LogP contribution >= 0.6 is 11.8 Å². The van der Waals surface area contributed by atoms with Crippen LogP contribution in [0.1, 0.15) is 20.3 Å². The zero-order valence-corrected chi connectivity index (χ0v) is 13.8. The topological polar surface area (TPSA) is 58.6 Å². The van der Waals surface area contributed by atoms with Crippen LogP contribution in [0.2, 0.25) is 0 Å². The van der Waals surface area contributed by atoms with E-state index >= 15 is 0 Å². The summed E-state index contributed by atoms with van der Waals surface area (Å²) < 4.78 is 5.61. The van der Waals surface area contributed by atoms with E-state index in [1.54, 1.807) is 25.6 Å². The summed E-state index contributed by atoms with van der Waals surface area (Å²) in [6.07, 6.45) is 0.936. The molecule has 1 aliphatic heterocycles. The monoisotopic (exact) mass is 322 g/mol. The number of carbonyl (C=O) groups is 2. The van der Waals surface area contributed by atoms with Crippen LogP contribution in [0.25, 0.3) is 0 Å². The van der Waals surface area contributed by atoms with Crippen LogP contribution < -0.4 is 10.1 Å². The van der Waals surface area contributed by atoms with Gasteiger partial charge in [-0.05, 0) is 38.2 Å². The normalized spacial score (nSPS) is 16.7. The van der Waals surface area contributed by atoms with Gasteiger partial charge < -0.3 is 10.1 Å². The Morgan fingerprint density at radius 1 is 1.18 bits per heavy atom. The quantitative estimate of drug-likeness (QED) is 0.590. The number of hydrogen-bond acceptors (Lipinski definition) is 4. The van der Waals surface area contributed by atoms with Gasteiger partial charge in [0.05, 0.1) is 6.61 Å². The first-order valence-corrected chi connectivity index (χ1v) is 8.56. The number of carbonyl (C=O) groups excluding carboxylic acids is 2. The summed E-state index contributed by atoms with van der Waals surface area (Å²) in [5.41, 5.74) is -0.773. The molecule has 0 spiro atoms. The fourth-order valence-electron chi connectivity index (χ4n) is 2.15. The SMILES string of the molecule is CC1(C)NC(=O)N(CCSCCCOc2ccccc2)C1=O. The van der Waals surface area contributed by atoms with Crippen LogP contribution in [-0.4, -0.2) is 47.0 Å². The third kappa shape index (κ3) is 4.40. The predicted molar refractivity (Wildman–Crippen MR) is 88.2 cm³/mol. The number of nitrogens with zero attached hydrogens (tertiary/aromatic N) is 1. The maximum Gasteiger partial charge on any atom is 0.325 e. The first-order chi connectivity index (χ1) is 10.5. The summed E-state index contributed by atoms with van der Waals surface area (Å²) >= 11 is 1.73. The van der Waals surface area contributed by atoms with Crippen molar-refractivity contribution in [2.75, 3.05) is 24.7 Å². The van der Waals surface area contributed by atoms with Crippen molar-refractivity contribution < 1.29 is 14.3 Å².